The second-order valence-electron chi connectivity index (χ2n) is 6.20. The summed E-state index contributed by atoms with van der Waals surface area (Å²) in [5.74, 6) is 1.18. The molecule has 7 nitrogen and oxygen atoms in total. The molecule has 2 aromatic rings. The molecule has 2 aromatic carbocycles. The highest BCUT2D eigenvalue weighted by molar-refractivity contribution is 7.89. The molecule has 0 fully saturated rings. The first-order valence-corrected chi connectivity index (χ1v) is 10.0. The summed E-state index contributed by atoms with van der Waals surface area (Å²) in [7, 11) is -0.501. The summed E-state index contributed by atoms with van der Waals surface area (Å²) in [6.07, 6.45) is 1.42. The predicted molar refractivity (Wildman–Crippen MR) is 102 cm³/mol. The Balaban J connectivity index is 1.66. The van der Waals surface area contributed by atoms with E-state index >= 15 is 0 Å². The van der Waals surface area contributed by atoms with Gasteiger partial charge in [0.2, 0.25) is 15.9 Å². The van der Waals surface area contributed by atoms with Gasteiger partial charge in [0, 0.05) is 18.7 Å². The van der Waals surface area contributed by atoms with Gasteiger partial charge < -0.3 is 14.8 Å². The van der Waals surface area contributed by atoms with Crippen molar-refractivity contribution >= 4 is 21.6 Å². The largest absolute Gasteiger partial charge is 0.493 e. The number of anilines is 1. The quantitative estimate of drug-likeness (QED) is 0.755. The van der Waals surface area contributed by atoms with Gasteiger partial charge in [-0.05, 0) is 54.3 Å². The van der Waals surface area contributed by atoms with Crippen LogP contribution in [0, 0.1) is 0 Å². The molecular formula is C19H22N2O5S. The van der Waals surface area contributed by atoms with Crippen molar-refractivity contribution in [2.24, 2.45) is 0 Å². The Morgan fingerprint density at radius 2 is 1.81 bits per heavy atom. The maximum atomic E-state index is 12.6. The van der Waals surface area contributed by atoms with E-state index in [4.69, 9.17) is 9.47 Å². The molecule has 144 valence electrons. The number of carbonyl (C=O) groups excluding carboxylic acids is 1. The van der Waals surface area contributed by atoms with Crippen LogP contribution in [-0.2, 0) is 27.7 Å². The SMILES string of the molecule is COc1ccc(CCNS(=O)(=O)c2ccc3c(c2)CCC(=O)N3)cc1OC. The number of carbonyl (C=O) groups is 1. The van der Waals surface area contributed by atoms with E-state index < -0.39 is 10.0 Å². The minimum atomic E-state index is -3.62. The van der Waals surface area contributed by atoms with Crippen LogP contribution in [0.2, 0.25) is 0 Å². The average Bonchev–Trinajstić information content (AvgIpc) is 2.67. The molecule has 0 aromatic heterocycles. The molecule has 0 radical (unpaired) electrons. The smallest absolute Gasteiger partial charge is 0.240 e. The molecule has 0 atom stereocenters. The molecule has 0 unspecified atom stereocenters. The topological polar surface area (TPSA) is 93.7 Å². The summed E-state index contributed by atoms with van der Waals surface area (Å²) in [6.45, 7) is 0.256. The zero-order chi connectivity index (χ0) is 19.4. The molecular weight excluding hydrogens is 368 g/mol. The molecule has 0 spiro atoms. The minimum absolute atomic E-state index is 0.0499. The molecule has 1 aliphatic rings. The van der Waals surface area contributed by atoms with Crippen molar-refractivity contribution in [3.8, 4) is 11.5 Å². The van der Waals surface area contributed by atoms with Crippen LogP contribution in [0.4, 0.5) is 5.69 Å². The second kappa shape index (κ2) is 7.98. The van der Waals surface area contributed by atoms with Gasteiger partial charge in [0.05, 0.1) is 19.1 Å². The summed E-state index contributed by atoms with van der Waals surface area (Å²) in [5.41, 5.74) is 2.44. The molecule has 27 heavy (non-hydrogen) atoms. The summed E-state index contributed by atoms with van der Waals surface area (Å²) in [6, 6.07) is 10.2. The number of hydrogen-bond acceptors (Lipinski definition) is 5. The van der Waals surface area contributed by atoms with E-state index in [1.807, 2.05) is 12.1 Å². The summed E-state index contributed by atoms with van der Waals surface area (Å²) < 4.78 is 38.2. The zero-order valence-electron chi connectivity index (χ0n) is 15.2. The van der Waals surface area contributed by atoms with Crippen molar-refractivity contribution < 1.29 is 22.7 Å². The lowest BCUT2D eigenvalue weighted by Gasteiger charge is -2.17. The van der Waals surface area contributed by atoms with E-state index in [9.17, 15) is 13.2 Å². The lowest BCUT2D eigenvalue weighted by atomic mass is 10.0. The van der Waals surface area contributed by atoms with Gasteiger partial charge in [0.15, 0.2) is 11.5 Å². The van der Waals surface area contributed by atoms with E-state index in [2.05, 4.69) is 10.0 Å². The molecule has 0 aliphatic carbocycles. The van der Waals surface area contributed by atoms with Crippen molar-refractivity contribution in [2.45, 2.75) is 24.2 Å². The van der Waals surface area contributed by atoms with Gasteiger partial charge in [-0.15, -0.1) is 0 Å². The summed E-state index contributed by atoms with van der Waals surface area (Å²) in [5, 5.41) is 2.75. The normalized spacial score (nSPS) is 13.6. The van der Waals surface area contributed by atoms with E-state index in [0.717, 1.165) is 11.1 Å². The molecule has 8 heteroatoms. The molecule has 1 heterocycles. The third-order valence-corrected chi connectivity index (χ3v) is 5.89. The van der Waals surface area contributed by atoms with E-state index in [1.165, 1.54) is 6.07 Å². The van der Waals surface area contributed by atoms with Crippen LogP contribution in [0.3, 0.4) is 0 Å². The minimum Gasteiger partial charge on any atom is -0.493 e. The second-order valence-corrected chi connectivity index (χ2v) is 7.97. The van der Waals surface area contributed by atoms with Gasteiger partial charge in [-0.3, -0.25) is 4.79 Å². The van der Waals surface area contributed by atoms with Gasteiger partial charge in [-0.1, -0.05) is 6.07 Å². The Hall–Kier alpha value is -2.58. The number of sulfonamides is 1. The first-order chi connectivity index (χ1) is 12.9. The highest BCUT2D eigenvalue weighted by Crippen LogP contribution is 2.28. The standard InChI is InChI=1S/C19H22N2O5S/c1-25-17-7-3-13(11-18(17)26-2)9-10-20-27(23,24)15-5-6-16-14(12-15)4-8-19(22)21-16/h3,5-7,11-12,20H,4,8-10H2,1-2H3,(H,21,22). The molecule has 1 aliphatic heterocycles. The van der Waals surface area contributed by atoms with Crippen LogP contribution < -0.4 is 19.5 Å². The van der Waals surface area contributed by atoms with Gasteiger partial charge in [0.25, 0.3) is 0 Å². The number of ether oxygens (including phenoxy) is 2. The van der Waals surface area contributed by atoms with Crippen LogP contribution in [0.15, 0.2) is 41.3 Å². The number of aryl methyl sites for hydroxylation is 1. The molecule has 0 saturated carbocycles. The fraction of sp³-hybridized carbons (Fsp3) is 0.316. The van der Waals surface area contributed by atoms with Crippen molar-refractivity contribution in [3.63, 3.8) is 0 Å². The Morgan fingerprint density at radius 1 is 1.04 bits per heavy atom. The Kier molecular flexibility index (Phi) is 5.67. The van der Waals surface area contributed by atoms with Gasteiger partial charge >= 0.3 is 0 Å². The Bertz CT molecular complexity index is 957. The maximum absolute atomic E-state index is 12.6. The number of hydrogen-bond donors (Lipinski definition) is 2. The van der Waals surface area contributed by atoms with Crippen molar-refractivity contribution in [2.75, 3.05) is 26.1 Å². The predicted octanol–water partition coefficient (Wildman–Crippen LogP) is 2.11. The number of rotatable bonds is 7. The highest BCUT2D eigenvalue weighted by Gasteiger charge is 2.19. The molecule has 2 N–H and O–H groups in total. The highest BCUT2D eigenvalue weighted by atomic mass is 32.2. The number of benzene rings is 2. The van der Waals surface area contributed by atoms with E-state index in [1.54, 1.807) is 32.4 Å². The Morgan fingerprint density at radius 3 is 2.56 bits per heavy atom. The van der Waals surface area contributed by atoms with Gasteiger partial charge in [-0.25, -0.2) is 13.1 Å². The maximum Gasteiger partial charge on any atom is 0.240 e. The molecule has 0 saturated heterocycles. The van der Waals surface area contributed by atoms with Gasteiger partial charge in [-0.2, -0.15) is 0 Å². The zero-order valence-corrected chi connectivity index (χ0v) is 16.1. The van der Waals surface area contributed by atoms with Crippen LogP contribution >= 0.6 is 0 Å². The summed E-state index contributed by atoms with van der Waals surface area (Å²) in [4.78, 5) is 11.6. The van der Waals surface area contributed by atoms with Crippen molar-refractivity contribution in [3.05, 3.63) is 47.5 Å². The fourth-order valence-electron chi connectivity index (χ4n) is 2.98. The van der Waals surface area contributed by atoms with Crippen LogP contribution in [-0.4, -0.2) is 35.1 Å². The number of nitrogens with one attached hydrogen (secondary N) is 2. The molecule has 3 rings (SSSR count). The monoisotopic (exact) mass is 390 g/mol. The molecule has 1 amide bonds. The van der Waals surface area contributed by atoms with E-state index in [-0.39, 0.29) is 17.3 Å². The molecule has 0 bridgehead atoms. The van der Waals surface area contributed by atoms with Crippen LogP contribution in [0.1, 0.15) is 17.5 Å². The first kappa shape index (κ1) is 19.2. The van der Waals surface area contributed by atoms with Crippen molar-refractivity contribution in [1.29, 1.82) is 0 Å². The lowest BCUT2D eigenvalue weighted by Crippen LogP contribution is -2.26. The Labute approximate surface area is 158 Å². The van der Waals surface area contributed by atoms with Gasteiger partial charge in [0.1, 0.15) is 0 Å². The summed E-state index contributed by atoms with van der Waals surface area (Å²) >= 11 is 0. The third kappa shape index (κ3) is 4.40. The van der Waals surface area contributed by atoms with Crippen LogP contribution in [0.25, 0.3) is 0 Å². The number of amides is 1. The fourth-order valence-corrected chi connectivity index (χ4v) is 4.06. The van der Waals surface area contributed by atoms with E-state index in [0.29, 0.717) is 36.4 Å². The number of methoxy groups -OCH3 is 2. The van der Waals surface area contributed by atoms with Crippen LogP contribution in [0.5, 0.6) is 11.5 Å². The van der Waals surface area contributed by atoms with Crippen molar-refractivity contribution in [1.82, 2.24) is 4.72 Å². The lowest BCUT2D eigenvalue weighted by molar-refractivity contribution is -0.116. The number of fused-ring (bicyclic) bond motifs is 1. The first-order valence-electron chi connectivity index (χ1n) is 8.56. The third-order valence-electron chi connectivity index (χ3n) is 4.44. The average molecular weight is 390 g/mol.